The molecule has 2 nitrogen and oxygen atoms in total. The molecule has 0 bridgehead atoms. The minimum absolute atomic E-state index is 0.0801. The molecule has 0 aromatic heterocycles. The topological polar surface area (TPSA) is 23.5 Å². The molecule has 28 heavy (non-hydrogen) atoms. The van der Waals surface area contributed by atoms with E-state index in [1.54, 1.807) is 0 Å². The maximum absolute atomic E-state index is 13.3. The number of benzene rings is 2. The molecule has 2 aromatic carbocycles. The van der Waals surface area contributed by atoms with Gasteiger partial charge in [0.1, 0.15) is 11.6 Å². The van der Waals surface area contributed by atoms with Crippen molar-refractivity contribution in [1.82, 2.24) is 4.90 Å². The molecule has 1 atom stereocenters. The molecule has 1 fully saturated rings. The van der Waals surface area contributed by atoms with Gasteiger partial charge in [-0.1, -0.05) is 24.3 Å². The summed E-state index contributed by atoms with van der Waals surface area (Å²) in [7, 11) is 0. The third-order valence-corrected chi connectivity index (χ3v) is 6.73. The first kappa shape index (κ1) is 21.3. The average molecular weight is 406 g/mol. The number of β-amino-alcohol motifs (C(OH)–C–C–N with tert-alkyl or cyclic N) is 1. The van der Waals surface area contributed by atoms with Crippen molar-refractivity contribution in [1.29, 1.82) is 0 Å². The monoisotopic (exact) mass is 405 g/mol. The fraction of sp³-hybridized carbons (Fsp3) is 0.478. The van der Waals surface area contributed by atoms with Gasteiger partial charge in [0.25, 0.3) is 0 Å². The summed E-state index contributed by atoms with van der Waals surface area (Å²) in [6, 6.07) is 13.3. The van der Waals surface area contributed by atoms with Gasteiger partial charge in [0.2, 0.25) is 0 Å². The molecule has 152 valence electrons. The van der Waals surface area contributed by atoms with Gasteiger partial charge in [-0.3, -0.25) is 0 Å². The number of rotatable bonds is 8. The normalized spacial score (nSPS) is 17.2. The summed E-state index contributed by atoms with van der Waals surface area (Å²) in [5.41, 5.74) is 2.09. The van der Waals surface area contributed by atoms with E-state index in [4.69, 9.17) is 0 Å². The smallest absolute Gasteiger partial charge is 0.123 e. The lowest BCUT2D eigenvalue weighted by Gasteiger charge is -2.32. The predicted octanol–water partition coefficient (Wildman–Crippen LogP) is 5.27. The molecule has 0 aliphatic carbocycles. The Morgan fingerprint density at radius 3 is 1.93 bits per heavy atom. The standard InChI is InChI=1S/C23H29F2NOS/c1-17(27)16-26-13-10-18(11-14-26)12-15-28-23(19-2-6-21(24)7-3-19)20-4-8-22(25)9-5-20/h2-9,17-18,23,27H,10-16H2,1H3. The van der Waals surface area contributed by atoms with E-state index in [1.165, 1.54) is 37.1 Å². The highest BCUT2D eigenvalue weighted by Gasteiger charge is 2.21. The highest BCUT2D eigenvalue weighted by Crippen LogP contribution is 2.37. The van der Waals surface area contributed by atoms with Gasteiger partial charge < -0.3 is 10.0 Å². The zero-order valence-corrected chi connectivity index (χ0v) is 17.2. The van der Waals surface area contributed by atoms with E-state index in [2.05, 4.69) is 4.90 Å². The van der Waals surface area contributed by atoms with Gasteiger partial charge in [-0.05, 0) is 86.3 Å². The quantitative estimate of drug-likeness (QED) is 0.647. The molecule has 3 rings (SSSR count). The Bertz CT molecular complexity index is 667. The van der Waals surface area contributed by atoms with Crippen LogP contribution in [0.1, 0.15) is 42.6 Å². The maximum atomic E-state index is 13.3. The van der Waals surface area contributed by atoms with E-state index in [-0.39, 0.29) is 23.0 Å². The van der Waals surface area contributed by atoms with Crippen molar-refractivity contribution in [2.75, 3.05) is 25.4 Å². The van der Waals surface area contributed by atoms with Crippen LogP contribution in [0.15, 0.2) is 48.5 Å². The predicted molar refractivity (Wildman–Crippen MR) is 113 cm³/mol. The largest absolute Gasteiger partial charge is 0.392 e. The van der Waals surface area contributed by atoms with Crippen LogP contribution in [-0.4, -0.2) is 41.5 Å². The summed E-state index contributed by atoms with van der Waals surface area (Å²) in [5, 5.41) is 9.61. The van der Waals surface area contributed by atoms with Crippen molar-refractivity contribution in [2.45, 2.75) is 37.5 Å². The van der Waals surface area contributed by atoms with E-state index in [0.717, 1.165) is 42.9 Å². The molecule has 1 aliphatic heterocycles. The number of thioether (sulfide) groups is 1. The number of nitrogens with zero attached hydrogens (tertiary/aromatic N) is 1. The second kappa shape index (κ2) is 10.4. The molecule has 0 saturated carbocycles. The Hall–Kier alpha value is -1.43. The first-order valence-electron chi connectivity index (χ1n) is 10.0. The van der Waals surface area contributed by atoms with Crippen LogP contribution in [0.3, 0.4) is 0 Å². The number of hydrogen-bond donors (Lipinski definition) is 1. The van der Waals surface area contributed by atoms with Crippen LogP contribution in [-0.2, 0) is 0 Å². The van der Waals surface area contributed by atoms with Crippen molar-refractivity contribution in [3.05, 3.63) is 71.3 Å². The van der Waals surface area contributed by atoms with E-state index < -0.39 is 0 Å². The van der Waals surface area contributed by atoms with Gasteiger partial charge in [-0.25, -0.2) is 8.78 Å². The van der Waals surface area contributed by atoms with Gasteiger partial charge in [0, 0.05) is 6.54 Å². The number of aliphatic hydroxyl groups excluding tert-OH is 1. The summed E-state index contributed by atoms with van der Waals surface area (Å²) in [5.74, 6) is 1.24. The summed E-state index contributed by atoms with van der Waals surface area (Å²) in [6.45, 7) is 4.71. The average Bonchev–Trinajstić information content (AvgIpc) is 2.68. The van der Waals surface area contributed by atoms with E-state index in [1.807, 2.05) is 43.0 Å². The van der Waals surface area contributed by atoms with Gasteiger partial charge in [0.15, 0.2) is 0 Å². The van der Waals surface area contributed by atoms with Crippen LogP contribution >= 0.6 is 11.8 Å². The first-order chi connectivity index (χ1) is 13.5. The summed E-state index contributed by atoms with van der Waals surface area (Å²) < 4.78 is 26.7. The third kappa shape index (κ3) is 6.29. The number of likely N-dealkylation sites (tertiary alicyclic amines) is 1. The molecule has 1 heterocycles. The summed E-state index contributed by atoms with van der Waals surface area (Å²) in [6.07, 6.45) is 3.22. The minimum Gasteiger partial charge on any atom is -0.392 e. The fourth-order valence-electron chi connectivity index (χ4n) is 3.84. The van der Waals surface area contributed by atoms with Crippen molar-refractivity contribution in [3.8, 4) is 0 Å². The van der Waals surface area contributed by atoms with Gasteiger partial charge >= 0.3 is 0 Å². The highest BCUT2D eigenvalue weighted by molar-refractivity contribution is 7.99. The Labute approximate surface area is 171 Å². The lowest BCUT2D eigenvalue weighted by molar-refractivity contribution is 0.0996. The first-order valence-corrected chi connectivity index (χ1v) is 11.1. The SMILES string of the molecule is CC(O)CN1CCC(CCSC(c2ccc(F)cc2)c2ccc(F)cc2)CC1. The van der Waals surface area contributed by atoms with E-state index in [0.29, 0.717) is 5.92 Å². The Balaban J connectivity index is 1.57. The van der Waals surface area contributed by atoms with E-state index in [9.17, 15) is 13.9 Å². The number of hydrogen-bond acceptors (Lipinski definition) is 3. The lowest BCUT2D eigenvalue weighted by atomic mass is 9.94. The van der Waals surface area contributed by atoms with Gasteiger partial charge in [-0.15, -0.1) is 11.8 Å². The van der Waals surface area contributed by atoms with Crippen LogP contribution < -0.4 is 0 Å². The number of piperidine rings is 1. The van der Waals surface area contributed by atoms with Crippen molar-refractivity contribution >= 4 is 11.8 Å². The number of halogens is 2. The molecule has 0 radical (unpaired) electrons. The summed E-state index contributed by atoms with van der Waals surface area (Å²) >= 11 is 1.85. The minimum atomic E-state index is -0.265. The molecule has 1 N–H and O–H groups in total. The second-order valence-electron chi connectivity index (χ2n) is 7.74. The molecule has 1 unspecified atom stereocenters. The second-order valence-corrected chi connectivity index (χ2v) is 8.95. The molecular formula is C23H29F2NOS. The lowest BCUT2D eigenvalue weighted by Crippen LogP contribution is -2.38. The fourth-order valence-corrected chi connectivity index (χ4v) is 5.25. The summed E-state index contributed by atoms with van der Waals surface area (Å²) in [4.78, 5) is 2.34. The Morgan fingerprint density at radius 2 is 1.46 bits per heavy atom. The molecule has 1 aliphatic rings. The van der Waals surface area contributed by atoms with E-state index >= 15 is 0 Å². The van der Waals surface area contributed by atoms with Crippen molar-refractivity contribution < 1.29 is 13.9 Å². The molecular weight excluding hydrogens is 376 g/mol. The van der Waals surface area contributed by atoms with Crippen molar-refractivity contribution in [2.24, 2.45) is 5.92 Å². The van der Waals surface area contributed by atoms with Gasteiger partial charge in [-0.2, -0.15) is 0 Å². The molecule has 0 spiro atoms. The van der Waals surface area contributed by atoms with Gasteiger partial charge in [0.05, 0.1) is 11.4 Å². The van der Waals surface area contributed by atoms with Crippen LogP contribution in [0.25, 0.3) is 0 Å². The zero-order chi connectivity index (χ0) is 19.9. The van der Waals surface area contributed by atoms with Crippen molar-refractivity contribution in [3.63, 3.8) is 0 Å². The highest BCUT2D eigenvalue weighted by atomic mass is 32.2. The van der Waals surface area contributed by atoms with Crippen LogP contribution in [0.4, 0.5) is 8.78 Å². The molecule has 1 saturated heterocycles. The zero-order valence-electron chi connectivity index (χ0n) is 16.4. The van der Waals surface area contributed by atoms with Crippen LogP contribution in [0, 0.1) is 17.6 Å². The number of aliphatic hydroxyl groups is 1. The molecule has 0 amide bonds. The molecule has 2 aromatic rings. The molecule has 5 heteroatoms. The van der Waals surface area contributed by atoms with Crippen LogP contribution in [0.5, 0.6) is 0 Å². The Morgan fingerprint density at radius 1 is 0.964 bits per heavy atom. The van der Waals surface area contributed by atoms with Crippen LogP contribution in [0.2, 0.25) is 0 Å². The third-order valence-electron chi connectivity index (χ3n) is 5.39. The maximum Gasteiger partial charge on any atom is 0.123 e. The Kier molecular flexibility index (Phi) is 7.89.